The SMILES string of the molecule is O=C(N[C@@H](CCO)C(=O)O)c1ccc(C(F)(F)F)cn1. The first-order chi connectivity index (χ1) is 9.25. The van der Waals surface area contributed by atoms with Crippen LogP contribution in [0.2, 0.25) is 0 Å². The number of nitrogens with one attached hydrogen (secondary N) is 1. The lowest BCUT2D eigenvalue weighted by Gasteiger charge is -2.13. The van der Waals surface area contributed by atoms with Gasteiger partial charge in [-0.3, -0.25) is 9.78 Å². The van der Waals surface area contributed by atoms with Gasteiger partial charge in [0.15, 0.2) is 0 Å². The fraction of sp³-hybridized carbons (Fsp3) is 0.364. The Kier molecular flexibility index (Phi) is 5.03. The molecule has 0 fully saturated rings. The van der Waals surface area contributed by atoms with Gasteiger partial charge in [0.1, 0.15) is 11.7 Å². The average molecular weight is 292 g/mol. The van der Waals surface area contributed by atoms with Crippen molar-refractivity contribution in [1.82, 2.24) is 10.3 Å². The summed E-state index contributed by atoms with van der Waals surface area (Å²) in [5, 5.41) is 19.4. The van der Waals surface area contributed by atoms with E-state index in [1.165, 1.54) is 0 Å². The molecular weight excluding hydrogens is 281 g/mol. The Bertz CT molecular complexity index is 487. The van der Waals surface area contributed by atoms with Gasteiger partial charge >= 0.3 is 12.1 Å². The number of carbonyl (C=O) groups excluding carboxylic acids is 1. The van der Waals surface area contributed by atoms with Gasteiger partial charge in [-0.25, -0.2) is 4.79 Å². The number of carbonyl (C=O) groups is 2. The minimum absolute atomic E-state index is 0.221. The Hall–Kier alpha value is -2.16. The summed E-state index contributed by atoms with van der Waals surface area (Å²) in [6.07, 6.45) is -4.30. The van der Waals surface area contributed by atoms with Gasteiger partial charge in [-0.1, -0.05) is 0 Å². The van der Waals surface area contributed by atoms with E-state index in [1.807, 2.05) is 5.32 Å². The first-order valence-corrected chi connectivity index (χ1v) is 5.43. The van der Waals surface area contributed by atoms with Gasteiger partial charge in [-0.15, -0.1) is 0 Å². The second kappa shape index (κ2) is 6.33. The minimum atomic E-state index is -4.57. The van der Waals surface area contributed by atoms with Crippen molar-refractivity contribution in [3.63, 3.8) is 0 Å². The van der Waals surface area contributed by atoms with E-state index in [9.17, 15) is 22.8 Å². The topological polar surface area (TPSA) is 99.5 Å². The number of halogens is 3. The molecule has 0 aliphatic heterocycles. The van der Waals surface area contributed by atoms with Crippen molar-refractivity contribution in [2.75, 3.05) is 6.61 Å². The van der Waals surface area contributed by atoms with Crippen molar-refractivity contribution in [2.45, 2.75) is 18.6 Å². The number of nitrogens with zero attached hydrogens (tertiary/aromatic N) is 1. The lowest BCUT2D eigenvalue weighted by molar-refractivity contribution is -0.139. The Morgan fingerprint density at radius 3 is 2.40 bits per heavy atom. The van der Waals surface area contributed by atoms with E-state index in [1.54, 1.807) is 0 Å². The smallest absolute Gasteiger partial charge is 0.417 e. The summed E-state index contributed by atoms with van der Waals surface area (Å²) < 4.78 is 36.9. The van der Waals surface area contributed by atoms with Crippen LogP contribution in [-0.2, 0) is 11.0 Å². The molecule has 1 atom stereocenters. The predicted molar refractivity (Wildman–Crippen MR) is 59.8 cm³/mol. The van der Waals surface area contributed by atoms with Gasteiger partial charge in [0.2, 0.25) is 0 Å². The van der Waals surface area contributed by atoms with E-state index in [-0.39, 0.29) is 12.1 Å². The molecule has 9 heteroatoms. The quantitative estimate of drug-likeness (QED) is 0.740. The molecular formula is C11H11F3N2O4. The summed E-state index contributed by atoms with van der Waals surface area (Å²) in [6, 6.07) is 0.177. The molecule has 6 nitrogen and oxygen atoms in total. The number of amides is 1. The molecule has 0 radical (unpaired) electrons. The minimum Gasteiger partial charge on any atom is -0.480 e. The fourth-order valence-electron chi connectivity index (χ4n) is 1.31. The third kappa shape index (κ3) is 4.19. The van der Waals surface area contributed by atoms with E-state index < -0.39 is 36.3 Å². The number of hydrogen-bond acceptors (Lipinski definition) is 4. The van der Waals surface area contributed by atoms with Gasteiger partial charge in [0.05, 0.1) is 5.56 Å². The number of hydrogen-bond donors (Lipinski definition) is 3. The number of carboxylic acids is 1. The second-order valence-electron chi connectivity index (χ2n) is 3.81. The number of alkyl halides is 3. The summed E-state index contributed by atoms with van der Waals surface area (Å²) in [5.41, 5.74) is -1.36. The maximum atomic E-state index is 12.3. The summed E-state index contributed by atoms with van der Waals surface area (Å²) in [4.78, 5) is 25.7. The zero-order valence-corrected chi connectivity index (χ0v) is 10.0. The second-order valence-corrected chi connectivity index (χ2v) is 3.81. The average Bonchev–Trinajstić information content (AvgIpc) is 2.37. The van der Waals surface area contributed by atoms with Crippen LogP contribution >= 0.6 is 0 Å². The number of aliphatic carboxylic acids is 1. The van der Waals surface area contributed by atoms with Crippen LogP contribution in [0.3, 0.4) is 0 Å². The van der Waals surface area contributed by atoms with Crippen LogP contribution in [0.5, 0.6) is 0 Å². The molecule has 1 rings (SSSR count). The van der Waals surface area contributed by atoms with Crippen LogP contribution in [0, 0.1) is 0 Å². The van der Waals surface area contributed by atoms with Gasteiger partial charge < -0.3 is 15.5 Å². The maximum absolute atomic E-state index is 12.3. The standard InChI is InChI=1S/C11H11F3N2O4/c12-11(13,14)6-1-2-7(15-5-6)9(18)16-8(3-4-17)10(19)20/h1-2,5,8,17H,3-4H2,(H,16,18)(H,19,20)/t8-/m0/s1. The number of aliphatic hydroxyl groups is 1. The summed E-state index contributed by atoms with van der Waals surface area (Å²) in [7, 11) is 0. The van der Waals surface area contributed by atoms with Gasteiger partial charge in [0.25, 0.3) is 5.91 Å². The number of carboxylic acid groups (broad SMARTS) is 1. The number of rotatable bonds is 5. The van der Waals surface area contributed by atoms with Crippen molar-refractivity contribution in [2.24, 2.45) is 0 Å². The third-order valence-electron chi connectivity index (χ3n) is 2.34. The molecule has 0 saturated carbocycles. The highest BCUT2D eigenvalue weighted by molar-refractivity contribution is 5.94. The molecule has 0 unspecified atom stereocenters. The highest BCUT2D eigenvalue weighted by Gasteiger charge is 2.31. The van der Waals surface area contributed by atoms with Gasteiger partial charge in [-0.05, 0) is 12.1 Å². The molecule has 0 saturated heterocycles. The molecule has 0 bridgehead atoms. The first-order valence-electron chi connectivity index (χ1n) is 5.43. The van der Waals surface area contributed by atoms with Crippen molar-refractivity contribution >= 4 is 11.9 Å². The molecule has 0 aliphatic rings. The highest BCUT2D eigenvalue weighted by Crippen LogP contribution is 2.28. The van der Waals surface area contributed by atoms with Crippen molar-refractivity contribution in [3.8, 4) is 0 Å². The maximum Gasteiger partial charge on any atom is 0.417 e. The Morgan fingerprint density at radius 1 is 1.35 bits per heavy atom. The summed E-state index contributed by atoms with van der Waals surface area (Å²) >= 11 is 0. The van der Waals surface area contributed by atoms with Crippen LogP contribution < -0.4 is 5.32 Å². The largest absolute Gasteiger partial charge is 0.480 e. The number of aromatic nitrogens is 1. The van der Waals surface area contributed by atoms with Crippen LogP contribution in [0.4, 0.5) is 13.2 Å². The number of pyridine rings is 1. The monoisotopic (exact) mass is 292 g/mol. The van der Waals surface area contributed by atoms with Crippen LogP contribution in [0.1, 0.15) is 22.5 Å². The zero-order valence-electron chi connectivity index (χ0n) is 10.0. The molecule has 1 aromatic rings. The van der Waals surface area contributed by atoms with Crippen LogP contribution in [0.15, 0.2) is 18.3 Å². The van der Waals surface area contributed by atoms with Crippen molar-refractivity contribution in [1.29, 1.82) is 0 Å². The Balaban J connectivity index is 2.80. The number of aliphatic hydroxyl groups excluding tert-OH is 1. The molecule has 110 valence electrons. The molecule has 1 aromatic heterocycles. The van der Waals surface area contributed by atoms with Crippen LogP contribution in [-0.4, -0.2) is 39.7 Å². The Labute approximate surface area is 111 Å². The van der Waals surface area contributed by atoms with E-state index >= 15 is 0 Å². The first kappa shape index (κ1) is 15.9. The summed E-state index contributed by atoms with van der Waals surface area (Å²) in [5.74, 6) is -2.29. The molecule has 20 heavy (non-hydrogen) atoms. The van der Waals surface area contributed by atoms with Crippen LogP contribution in [0.25, 0.3) is 0 Å². The zero-order chi connectivity index (χ0) is 15.3. The lowest BCUT2D eigenvalue weighted by Crippen LogP contribution is -2.41. The lowest BCUT2D eigenvalue weighted by atomic mass is 10.2. The van der Waals surface area contributed by atoms with Gasteiger partial charge in [0, 0.05) is 19.2 Å². The molecule has 1 heterocycles. The Morgan fingerprint density at radius 2 is 2.00 bits per heavy atom. The van der Waals surface area contributed by atoms with E-state index in [0.29, 0.717) is 12.3 Å². The predicted octanol–water partition coefficient (Wildman–Crippen LogP) is 0.666. The fourth-order valence-corrected chi connectivity index (χ4v) is 1.31. The molecule has 0 spiro atoms. The third-order valence-corrected chi connectivity index (χ3v) is 2.34. The molecule has 0 aromatic carbocycles. The molecule has 1 amide bonds. The van der Waals surface area contributed by atoms with E-state index in [0.717, 1.165) is 6.07 Å². The van der Waals surface area contributed by atoms with E-state index in [4.69, 9.17) is 10.2 Å². The van der Waals surface area contributed by atoms with Crippen molar-refractivity contribution < 1.29 is 33.0 Å². The van der Waals surface area contributed by atoms with E-state index in [2.05, 4.69) is 4.98 Å². The highest BCUT2D eigenvalue weighted by atomic mass is 19.4. The molecule has 0 aliphatic carbocycles. The van der Waals surface area contributed by atoms with Crippen molar-refractivity contribution in [3.05, 3.63) is 29.6 Å². The summed E-state index contributed by atoms with van der Waals surface area (Å²) in [6.45, 7) is -0.461. The molecule has 3 N–H and O–H groups in total. The normalized spacial score (nSPS) is 12.8. The van der Waals surface area contributed by atoms with Gasteiger partial charge in [-0.2, -0.15) is 13.2 Å².